The number of nitrogen functional groups attached to an aromatic ring is 1. The molecule has 0 bridgehead atoms. The lowest BCUT2D eigenvalue weighted by atomic mass is 10.0. The van der Waals surface area contributed by atoms with Crippen molar-refractivity contribution in [3.8, 4) is 0 Å². The molecule has 5 unspecified atom stereocenters. The minimum absolute atomic E-state index is 0.0569. The van der Waals surface area contributed by atoms with Crippen LogP contribution in [0.2, 0.25) is 5.15 Å². The number of aliphatic hydroxyl groups is 1. The van der Waals surface area contributed by atoms with E-state index in [2.05, 4.69) is 28.1 Å². The second-order valence-electron chi connectivity index (χ2n) is 6.64. The molecule has 0 amide bonds. The van der Waals surface area contributed by atoms with E-state index in [1.54, 1.807) is 4.57 Å². The second-order valence-corrected chi connectivity index (χ2v) is 11.4. The number of phosphoric acid groups is 3. The van der Waals surface area contributed by atoms with Crippen molar-refractivity contribution < 1.29 is 56.3 Å². The summed E-state index contributed by atoms with van der Waals surface area (Å²) in [4.78, 5) is 48.0. The van der Waals surface area contributed by atoms with Crippen molar-refractivity contribution in [2.24, 2.45) is 5.92 Å². The lowest BCUT2D eigenvalue weighted by molar-refractivity contribution is -0.0310. The van der Waals surface area contributed by atoms with Gasteiger partial charge in [-0.3, -0.25) is 9.09 Å². The number of aliphatic hydroxyl groups excluding tert-OH is 1. The van der Waals surface area contributed by atoms with E-state index in [0.717, 1.165) is 7.11 Å². The third-order valence-electron chi connectivity index (χ3n) is 4.33. The number of hydrogen-bond donors (Lipinski definition) is 6. The second kappa shape index (κ2) is 13.7. The smallest absolute Gasteiger partial charge is 0.400 e. The summed E-state index contributed by atoms with van der Waals surface area (Å²) in [5, 5.41) is 7.06. The summed E-state index contributed by atoms with van der Waals surface area (Å²) in [6, 6.07) is 0. The van der Waals surface area contributed by atoms with Crippen molar-refractivity contribution in [3.63, 3.8) is 0 Å². The molecule has 1 saturated heterocycles. The van der Waals surface area contributed by atoms with E-state index in [-0.39, 0.29) is 17.0 Å². The molecule has 0 radical (unpaired) electrons. The van der Waals surface area contributed by atoms with Gasteiger partial charge in [0.1, 0.15) is 11.7 Å². The van der Waals surface area contributed by atoms with Gasteiger partial charge >= 0.3 is 23.5 Å². The zero-order valence-corrected chi connectivity index (χ0v) is 23.0. The van der Waals surface area contributed by atoms with Gasteiger partial charge in [-0.1, -0.05) is 32.4 Å². The van der Waals surface area contributed by atoms with Crippen LogP contribution in [0.3, 0.4) is 0 Å². The minimum Gasteiger partial charge on any atom is -0.400 e. The molecule has 0 aliphatic carbocycles. The quantitative estimate of drug-likeness (QED) is 0.178. The van der Waals surface area contributed by atoms with Gasteiger partial charge in [0.05, 0.1) is 19.0 Å². The van der Waals surface area contributed by atoms with Crippen LogP contribution in [-0.2, 0) is 31.6 Å². The predicted molar refractivity (Wildman–Crippen MR) is 126 cm³/mol. The highest BCUT2D eigenvalue weighted by Gasteiger charge is 2.42. The molecular formula is C15H29ClN5O12P3. The summed E-state index contributed by atoms with van der Waals surface area (Å²) in [5.74, 6) is -0.184. The van der Waals surface area contributed by atoms with Crippen LogP contribution in [0.25, 0.3) is 11.2 Å². The highest BCUT2D eigenvalue weighted by atomic mass is 35.5. The lowest BCUT2D eigenvalue weighted by Crippen LogP contribution is -2.17. The molecule has 208 valence electrons. The first kappa shape index (κ1) is 33.0. The van der Waals surface area contributed by atoms with Crippen LogP contribution >= 0.6 is 35.1 Å². The van der Waals surface area contributed by atoms with E-state index in [0.29, 0.717) is 24.0 Å². The Morgan fingerprint density at radius 1 is 1.14 bits per heavy atom. The number of phosphoric ester groups is 1. The summed E-state index contributed by atoms with van der Waals surface area (Å²) < 4.78 is 53.5. The standard InChI is InChI=1S/C12H19ClN5O11P3.C2H6.CH4O/c1-2-6-3-7(4-26-31(22,23)29-32(24,25)28-30(19,20)21)27-11(6)18-5-15-8-9(13)16-12(14)17-10(8)18;2*1-2/h5-7,11H,2-4H2,1H3,(H,22,23)(H,24,25)(H2,14,16,17)(H2,19,20,21);1-2H3;2H,1H3. The molecule has 36 heavy (non-hydrogen) atoms. The number of ether oxygens (including phenoxy) is 1. The van der Waals surface area contributed by atoms with Gasteiger partial charge in [0.25, 0.3) is 0 Å². The van der Waals surface area contributed by atoms with Crippen LogP contribution in [0.5, 0.6) is 0 Å². The Balaban J connectivity index is 0.00000154. The lowest BCUT2D eigenvalue weighted by Gasteiger charge is -2.20. The monoisotopic (exact) mass is 599 g/mol. The van der Waals surface area contributed by atoms with E-state index in [9.17, 15) is 23.5 Å². The maximum Gasteiger partial charge on any atom is 0.490 e. The number of halogens is 1. The van der Waals surface area contributed by atoms with Crippen molar-refractivity contribution in [1.82, 2.24) is 19.5 Å². The molecule has 3 rings (SSSR count). The molecule has 1 aliphatic heterocycles. The summed E-state index contributed by atoms with van der Waals surface area (Å²) in [5.41, 5.74) is 6.27. The Kier molecular flexibility index (Phi) is 12.5. The first-order valence-electron chi connectivity index (χ1n) is 10.2. The molecule has 1 aliphatic rings. The Hall–Kier alpha value is -1.03. The molecule has 1 fully saturated rings. The van der Waals surface area contributed by atoms with E-state index < -0.39 is 42.4 Å². The number of hydrogen-bond acceptors (Lipinski definition) is 12. The fourth-order valence-electron chi connectivity index (χ4n) is 3.15. The van der Waals surface area contributed by atoms with Crippen LogP contribution in [0.1, 0.15) is 39.8 Å². The van der Waals surface area contributed by atoms with Crippen molar-refractivity contribution in [2.45, 2.75) is 45.9 Å². The molecule has 5 atom stereocenters. The third-order valence-corrected chi connectivity index (χ3v) is 8.40. The number of rotatable bonds is 9. The molecule has 2 aromatic rings. The van der Waals surface area contributed by atoms with Crippen molar-refractivity contribution in [2.75, 3.05) is 19.5 Å². The number of imidazole rings is 1. The Bertz CT molecular complexity index is 1150. The van der Waals surface area contributed by atoms with Gasteiger partial charge < -0.3 is 35.2 Å². The summed E-state index contributed by atoms with van der Waals surface area (Å²) in [6.45, 7) is 5.34. The van der Waals surface area contributed by atoms with Gasteiger partial charge in [0.2, 0.25) is 5.95 Å². The van der Waals surface area contributed by atoms with Crippen molar-refractivity contribution in [3.05, 3.63) is 11.5 Å². The fourth-order valence-corrected chi connectivity index (χ4v) is 6.42. The molecule has 7 N–H and O–H groups in total. The van der Waals surface area contributed by atoms with Crippen LogP contribution in [0.4, 0.5) is 5.95 Å². The van der Waals surface area contributed by atoms with Gasteiger partial charge in [0, 0.05) is 13.0 Å². The highest BCUT2D eigenvalue weighted by Crippen LogP contribution is 2.66. The van der Waals surface area contributed by atoms with Gasteiger partial charge in [-0.25, -0.2) is 18.7 Å². The third kappa shape index (κ3) is 9.37. The molecule has 0 saturated carbocycles. The van der Waals surface area contributed by atoms with Gasteiger partial charge in [-0.05, 0) is 12.8 Å². The summed E-state index contributed by atoms with van der Waals surface area (Å²) in [6.07, 6.45) is 1.03. The maximum absolute atomic E-state index is 11.9. The molecule has 17 nitrogen and oxygen atoms in total. The SMILES string of the molecule is CC.CCC1CC(COP(=O)(O)OP(=O)(O)OP(=O)(O)O)OC1n1cnc2c(Cl)nc(N)nc21.CO. The number of nitrogens with zero attached hydrogens (tertiary/aromatic N) is 4. The molecule has 3 heterocycles. The van der Waals surface area contributed by atoms with Crippen molar-refractivity contribution in [1.29, 1.82) is 0 Å². The van der Waals surface area contributed by atoms with Crippen LogP contribution in [-0.4, -0.2) is 64.0 Å². The Labute approximate surface area is 211 Å². The number of fused-ring (bicyclic) bond motifs is 1. The summed E-state index contributed by atoms with van der Waals surface area (Å²) >= 11 is 6.03. The maximum atomic E-state index is 11.9. The number of anilines is 1. The normalized spacial score (nSPS) is 23.1. The average Bonchev–Trinajstić information content (AvgIpc) is 3.36. The van der Waals surface area contributed by atoms with E-state index in [4.69, 9.17) is 37.0 Å². The first-order chi connectivity index (χ1) is 16.7. The topological polar surface area (TPSA) is 259 Å². The largest absolute Gasteiger partial charge is 0.490 e. The summed E-state index contributed by atoms with van der Waals surface area (Å²) in [7, 11) is -15.3. The minimum atomic E-state index is -5.60. The van der Waals surface area contributed by atoms with Crippen LogP contribution in [0.15, 0.2) is 6.33 Å². The van der Waals surface area contributed by atoms with Gasteiger partial charge in [-0.2, -0.15) is 18.6 Å². The van der Waals surface area contributed by atoms with E-state index >= 15 is 0 Å². The van der Waals surface area contributed by atoms with Crippen LogP contribution in [0, 0.1) is 5.92 Å². The predicted octanol–water partition coefficient (Wildman–Crippen LogP) is 2.35. The molecule has 2 aromatic heterocycles. The molecule has 0 spiro atoms. The first-order valence-corrected chi connectivity index (χ1v) is 15.1. The zero-order chi connectivity index (χ0) is 27.9. The highest BCUT2D eigenvalue weighted by molar-refractivity contribution is 7.66. The van der Waals surface area contributed by atoms with Crippen molar-refractivity contribution >= 4 is 52.2 Å². The van der Waals surface area contributed by atoms with Crippen LogP contribution < -0.4 is 5.73 Å². The zero-order valence-electron chi connectivity index (χ0n) is 19.6. The Morgan fingerprint density at radius 3 is 2.31 bits per heavy atom. The number of nitrogens with two attached hydrogens (primary N) is 1. The van der Waals surface area contributed by atoms with E-state index in [1.165, 1.54) is 6.33 Å². The Morgan fingerprint density at radius 2 is 1.75 bits per heavy atom. The molecule has 21 heteroatoms. The molecular weight excluding hydrogens is 571 g/mol. The van der Waals surface area contributed by atoms with Gasteiger partial charge in [0.15, 0.2) is 10.8 Å². The number of aromatic nitrogens is 4. The van der Waals surface area contributed by atoms with Gasteiger partial charge in [-0.15, -0.1) is 0 Å². The fraction of sp³-hybridized carbons (Fsp3) is 0.667. The van der Waals surface area contributed by atoms with E-state index in [1.807, 2.05) is 20.8 Å². The molecule has 0 aromatic carbocycles. The average molecular weight is 600 g/mol.